The van der Waals surface area contributed by atoms with E-state index >= 15 is 0 Å². The summed E-state index contributed by atoms with van der Waals surface area (Å²) >= 11 is 10.5. The number of hydrogen-bond acceptors (Lipinski definition) is 5. The molecule has 1 heterocycles. The number of anilines is 1. The summed E-state index contributed by atoms with van der Waals surface area (Å²) in [5.74, 6) is 0.223. The first-order chi connectivity index (χ1) is 12.0. The van der Waals surface area contributed by atoms with Crippen LogP contribution in [0, 0.1) is 0 Å². The van der Waals surface area contributed by atoms with E-state index in [0.29, 0.717) is 16.1 Å². The smallest absolute Gasteiger partial charge is 0.277 e. The van der Waals surface area contributed by atoms with E-state index in [1.165, 1.54) is 11.8 Å². The fourth-order valence-corrected chi connectivity index (χ4v) is 3.12. The Morgan fingerprint density at radius 1 is 1.24 bits per heavy atom. The number of hydrogen-bond donors (Lipinski definition) is 1. The lowest BCUT2D eigenvalue weighted by Crippen LogP contribution is -2.22. The molecule has 0 aliphatic rings. The molecule has 2 aromatic carbocycles. The molecule has 0 saturated carbocycles. The van der Waals surface area contributed by atoms with Gasteiger partial charge in [-0.15, -0.1) is 10.2 Å². The summed E-state index contributed by atoms with van der Waals surface area (Å²) in [7, 11) is 0. The molecular formula is C17H13BrClN3O2S. The van der Waals surface area contributed by atoms with E-state index in [1.54, 1.807) is 19.1 Å². The standard InChI is InChI=1S/C17H13BrClN3O2S/c1-10(15(23)20-14-7-5-12(18)6-8-14)25-17-22-21-16(24-17)11-3-2-4-13(19)9-11/h2-10H,1H3,(H,20,23)/t10-/m1/s1. The van der Waals surface area contributed by atoms with Crippen LogP contribution in [0.1, 0.15) is 6.92 Å². The molecule has 3 rings (SSSR count). The molecule has 0 aliphatic carbocycles. The average Bonchev–Trinajstić information content (AvgIpc) is 3.05. The van der Waals surface area contributed by atoms with E-state index in [1.807, 2.05) is 36.4 Å². The summed E-state index contributed by atoms with van der Waals surface area (Å²) in [6.45, 7) is 1.78. The minimum Gasteiger partial charge on any atom is -0.411 e. The van der Waals surface area contributed by atoms with E-state index in [4.69, 9.17) is 16.0 Å². The van der Waals surface area contributed by atoms with Crippen molar-refractivity contribution in [1.82, 2.24) is 10.2 Å². The van der Waals surface area contributed by atoms with Crippen LogP contribution in [0.15, 0.2) is 62.6 Å². The second-order valence-electron chi connectivity index (χ2n) is 5.14. The number of halogens is 2. The van der Waals surface area contributed by atoms with Gasteiger partial charge in [-0.3, -0.25) is 4.79 Å². The molecule has 1 N–H and O–H groups in total. The molecule has 1 amide bonds. The van der Waals surface area contributed by atoms with Crippen LogP contribution < -0.4 is 5.32 Å². The minimum absolute atomic E-state index is 0.144. The maximum Gasteiger partial charge on any atom is 0.277 e. The molecule has 128 valence electrons. The highest BCUT2D eigenvalue weighted by molar-refractivity contribution is 9.10. The van der Waals surface area contributed by atoms with Crippen molar-refractivity contribution >= 4 is 50.9 Å². The third-order valence-corrected chi connectivity index (χ3v) is 4.93. The Balaban J connectivity index is 1.64. The predicted octanol–water partition coefficient (Wildman–Crippen LogP) is 5.27. The summed E-state index contributed by atoms with van der Waals surface area (Å²) in [5, 5.41) is 11.4. The number of nitrogens with zero attached hydrogens (tertiary/aromatic N) is 2. The van der Waals surface area contributed by atoms with Gasteiger partial charge in [0, 0.05) is 20.7 Å². The Hall–Kier alpha value is -1.83. The van der Waals surface area contributed by atoms with Gasteiger partial charge in [0.2, 0.25) is 11.8 Å². The van der Waals surface area contributed by atoms with Crippen LogP contribution in [-0.4, -0.2) is 21.4 Å². The molecule has 1 atom stereocenters. The second-order valence-corrected chi connectivity index (χ2v) is 7.78. The summed E-state index contributed by atoms with van der Waals surface area (Å²) in [4.78, 5) is 12.3. The topological polar surface area (TPSA) is 68.0 Å². The maximum atomic E-state index is 12.3. The molecular weight excluding hydrogens is 426 g/mol. The van der Waals surface area contributed by atoms with Gasteiger partial charge in [0.05, 0.1) is 5.25 Å². The van der Waals surface area contributed by atoms with Crippen molar-refractivity contribution in [1.29, 1.82) is 0 Å². The Labute approximate surface area is 162 Å². The maximum absolute atomic E-state index is 12.3. The van der Waals surface area contributed by atoms with E-state index in [0.717, 1.165) is 15.7 Å². The molecule has 5 nitrogen and oxygen atoms in total. The summed E-state index contributed by atoms with van der Waals surface area (Å²) < 4.78 is 6.56. The Morgan fingerprint density at radius 2 is 2.00 bits per heavy atom. The second kappa shape index (κ2) is 8.03. The molecule has 0 saturated heterocycles. The van der Waals surface area contributed by atoms with Crippen LogP contribution in [0.5, 0.6) is 0 Å². The van der Waals surface area contributed by atoms with E-state index < -0.39 is 5.25 Å². The van der Waals surface area contributed by atoms with Crippen molar-refractivity contribution in [2.45, 2.75) is 17.4 Å². The van der Waals surface area contributed by atoms with Crippen molar-refractivity contribution in [3.63, 3.8) is 0 Å². The number of nitrogens with one attached hydrogen (secondary N) is 1. The molecule has 1 aromatic heterocycles. The molecule has 0 radical (unpaired) electrons. The summed E-state index contributed by atoms with van der Waals surface area (Å²) in [6.07, 6.45) is 0. The zero-order chi connectivity index (χ0) is 17.8. The van der Waals surface area contributed by atoms with Gasteiger partial charge in [0.1, 0.15) is 0 Å². The van der Waals surface area contributed by atoms with Gasteiger partial charge in [-0.1, -0.05) is 45.4 Å². The van der Waals surface area contributed by atoms with Crippen LogP contribution in [0.4, 0.5) is 5.69 Å². The lowest BCUT2D eigenvalue weighted by atomic mass is 10.2. The third kappa shape index (κ3) is 4.84. The first kappa shape index (κ1) is 18.0. The lowest BCUT2D eigenvalue weighted by molar-refractivity contribution is -0.115. The molecule has 0 unspecified atom stereocenters. The lowest BCUT2D eigenvalue weighted by Gasteiger charge is -2.09. The number of thioether (sulfide) groups is 1. The fourth-order valence-electron chi connectivity index (χ4n) is 1.98. The number of aromatic nitrogens is 2. The summed E-state index contributed by atoms with van der Waals surface area (Å²) in [5.41, 5.74) is 1.46. The highest BCUT2D eigenvalue weighted by atomic mass is 79.9. The zero-order valence-electron chi connectivity index (χ0n) is 13.1. The molecule has 25 heavy (non-hydrogen) atoms. The van der Waals surface area contributed by atoms with E-state index in [-0.39, 0.29) is 5.91 Å². The average molecular weight is 439 g/mol. The number of rotatable bonds is 5. The molecule has 0 spiro atoms. The molecule has 0 bridgehead atoms. The van der Waals surface area contributed by atoms with Crippen molar-refractivity contribution < 1.29 is 9.21 Å². The quantitative estimate of drug-likeness (QED) is 0.549. The molecule has 8 heteroatoms. The highest BCUT2D eigenvalue weighted by Gasteiger charge is 2.19. The SMILES string of the molecule is C[C@@H](Sc1nnc(-c2cccc(Cl)c2)o1)C(=O)Nc1ccc(Br)cc1. The first-order valence-electron chi connectivity index (χ1n) is 7.34. The van der Waals surface area contributed by atoms with E-state index in [9.17, 15) is 4.79 Å². The first-order valence-corrected chi connectivity index (χ1v) is 9.39. The Bertz CT molecular complexity index is 886. The monoisotopic (exact) mass is 437 g/mol. The fraction of sp³-hybridized carbons (Fsp3) is 0.118. The number of carbonyl (C=O) groups excluding carboxylic acids is 1. The van der Waals surface area contributed by atoms with Crippen molar-refractivity contribution in [2.75, 3.05) is 5.32 Å². The molecule has 0 aliphatic heterocycles. The largest absolute Gasteiger partial charge is 0.411 e. The number of benzene rings is 2. The Kier molecular flexibility index (Phi) is 5.78. The highest BCUT2D eigenvalue weighted by Crippen LogP contribution is 2.28. The van der Waals surface area contributed by atoms with Gasteiger partial charge < -0.3 is 9.73 Å². The number of amides is 1. The van der Waals surface area contributed by atoms with Crippen LogP contribution in [0.2, 0.25) is 5.02 Å². The van der Waals surface area contributed by atoms with Crippen molar-refractivity contribution in [3.05, 3.63) is 58.0 Å². The predicted molar refractivity (Wildman–Crippen MR) is 103 cm³/mol. The van der Waals surface area contributed by atoms with Crippen LogP contribution in [-0.2, 0) is 4.79 Å². The van der Waals surface area contributed by atoms with Gasteiger partial charge in [0.15, 0.2) is 0 Å². The van der Waals surface area contributed by atoms with E-state index in [2.05, 4.69) is 31.4 Å². The normalized spacial score (nSPS) is 12.0. The molecule has 3 aromatic rings. The third-order valence-electron chi connectivity index (χ3n) is 3.24. The van der Waals surface area contributed by atoms with Gasteiger partial charge >= 0.3 is 0 Å². The van der Waals surface area contributed by atoms with Crippen molar-refractivity contribution in [2.24, 2.45) is 0 Å². The summed E-state index contributed by atoms with van der Waals surface area (Å²) in [6, 6.07) is 14.5. The minimum atomic E-state index is -0.392. The van der Waals surface area contributed by atoms with Crippen molar-refractivity contribution in [3.8, 4) is 11.5 Å². The molecule has 0 fully saturated rings. The van der Waals surface area contributed by atoms with Gasteiger partial charge in [-0.25, -0.2) is 0 Å². The van der Waals surface area contributed by atoms with Gasteiger partial charge in [-0.05, 0) is 49.4 Å². The zero-order valence-corrected chi connectivity index (χ0v) is 16.2. The van der Waals surface area contributed by atoms with Gasteiger partial charge in [0.25, 0.3) is 5.22 Å². The Morgan fingerprint density at radius 3 is 2.72 bits per heavy atom. The van der Waals surface area contributed by atoms with Crippen LogP contribution in [0.25, 0.3) is 11.5 Å². The number of carbonyl (C=O) groups is 1. The van der Waals surface area contributed by atoms with Crippen LogP contribution >= 0.6 is 39.3 Å². The van der Waals surface area contributed by atoms with Crippen LogP contribution in [0.3, 0.4) is 0 Å². The van der Waals surface area contributed by atoms with Gasteiger partial charge in [-0.2, -0.15) is 0 Å².